The van der Waals surface area contributed by atoms with Gasteiger partial charge < -0.3 is 15.2 Å². The van der Waals surface area contributed by atoms with Crippen molar-refractivity contribution >= 4 is 18.4 Å². The molecule has 2 fully saturated rings. The van der Waals surface area contributed by atoms with Crippen LogP contribution in [0.25, 0.3) is 0 Å². The van der Waals surface area contributed by atoms with Crippen LogP contribution in [0.5, 0.6) is 0 Å². The molecular weight excluding hydrogens is 206 g/mol. The van der Waals surface area contributed by atoms with Crippen molar-refractivity contribution in [3.63, 3.8) is 0 Å². The predicted octanol–water partition coefficient (Wildman–Crippen LogP) is 0.651. The molecule has 2 heterocycles. The van der Waals surface area contributed by atoms with Gasteiger partial charge in [-0.3, -0.25) is 4.79 Å². The lowest BCUT2D eigenvalue weighted by Crippen LogP contribution is -2.24. The Bertz CT molecular complexity index is 216. The fourth-order valence-electron chi connectivity index (χ4n) is 2.31. The highest BCUT2D eigenvalue weighted by atomic mass is 35.5. The molecule has 0 aromatic heterocycles. The van der Waals surface area contributed by atoms with Gasteiger partial charge in [0.1, 0.15) is 0 Å². The Morgan fingerprint density at radius 1 is 1.64 bits per heavy atom. The van der Waals surface area contributed by atoms with Crippen LogP contribution in [0.2, 0.25) is 0 Å². The van der Waals surface area contributed by atoms with Crippen LogP contribution in [-0.4, -0.2) is 36.9 Å². The molecule has 2 N–H and O–H groups in total. The zero-order valence-corrected chi connectivity index (χ0v) is 8.81. The van der Waals surface area contributed by atoms with E-state index in [1.54, 1.807) is 0 Å². The van der Waals surface area contributed by atoms with Crippen molar-refractivity contribution in [2.75, 3.05) is 19.7 Å². The van der Waals surface area contributed by atoms with E-state index in [4.69, 9.17) is 9.84 Å². The van der Waals surface area contributed by atoms with Gasteiger partial charge in [0.15, 0.2) is 0 Å². The fourth-order valence-corrected chi connectivity index (χ4v) is 2.31. The first-order valence-electron chi connectivity index (χ1n) is 4.74. The third kappa shape index (κ3) is 2.38. The third-order valence-corrected chi connectivity index (χ3v) is 3.02. The summed E-state index contributed by atoms with van der Waals surface area (Å²) in [5.74, 6) is -0.756. The predicted molar refractivity (Wildman–Crippen MR) is 53.8 cm³/mol. The van der Waals surface area contributed by atoms with Gasteiger partial charge in [-0.25, -0.2) is 0 Å². The van der Waals surface area contributed by atoms with Gasteiger partial charge >= 0.3 is 5.97 Å². The second-order valence-electron chi connectivity index (χ2n) is 4.16. The summed E-state index contributed by atoms with van der Waals surface area (Å²) in [6, 6.07) is 0. The minimum Gasteiger partial charge on any atom is -0.481 e. The van der Waals surface area contributed by atoms with E-state index in [0.29, 0.717) is 0 Å². The van der Waals surface area contributed by atoms with Crippen LogP contribution in [0.3, 0.4) is 0 Å². The molecule has 14 heavy (non-hydrogen) atoms. The number of hydrogen-bond donors (Lipinski definition) is 2. The van der Waals surface area contributed by atoms with E-state index in [1.807, 2.05) is 0 Å². The first-order chi connectivity index (χ1) is 6.20. The summed E-state index contributed by atoms with van der Waals surface area (Å²) in [4.78, 5) is 10.5. The average molecular weight is 222 g/mol. The number of nitrogens with one attached hydrogen (secondary N) is 1. The molecule has 2 saturated heterocycles. The van der Waals surface area contributed by atoms with E-state index in [0.717, 1.165) is 32.5 Å². The first-order valence-corrected chi connectivity index (χ1v) is 4.74. The monoisotopic (exact) mass is 221 g/mol. The van der Waals surface area contributed by atoms with Crippen molar-refractivity contribution in [3.8, 4) is 0 Å². The summed E-state index contributed by atoms with van der Waals surface area (Å²) < 4.78 is 5.48. The molecule has 0 radical (unpaired) electrons. The Morgan fingerprint density at radius 2 is 2.43 bits per heavy atom. The summed E-state index contributed by atoms with van der Waals surface area (Å²) in [5, 5.41) is 11.9. The Morgan fingerprint density at radius 3 is 3.00 bits per heavy atom. The first kappa shape index (κ1) is 11.8. The maximum atomic E-state index is 10.5. The quantitative estimate of drug-likeness (QED) is 0.719. The number of rotatable bonds is 2. The highest BCUT2D eigenvalue weighted by Crippen LogP contribution is 2.38. The third-order valence-electron chi connectivity index (χ3n) is 3.02. The minimum atomic E-state index is -0.756. The van der Waals surface area contributed by atoms with E-state index < -0.39 is 5.97 Å². The minimum absolute atomic E-state index is 0. The highest BCUT2D eigenvalue weighted by molar-refractivity contribution is 5.85. The number of ether oxygens (including phenoxy) is 1. The van der Waals surface area contributed by atoms with E-state index in [-0.39, 0.29) is 30.3 Å². The molecule has 2 aliphatic rings. The van der Waals surface area contributed by atoms with Crippen molar-refractivity contribution in [2.45, 2.75) is 25.4 Å². The summed E-state index contributed by atoms with van der Waals surface area (Å²) >= 11 is 0. The maximum Gasteiger partial charge on any atom is 0.305 e. The molecule has 0 amide bonds. The number of hydrogen-bond acceptors (Lipinski definition) is 3. The zero-order valence-electron chi connectivity index (χ0n) is 7.99. The molecule has 2 aliphatic heterocycles. The molecule has 0 aromatic rings. The number of carboxylic acids is 1. The van der Waals surface area contributed by atoms with Gasteiger partial charge in [-0.05, 0) is 19.4 Å². The molecule has 0 aromatic carbocycles. The second kappa shape index (κ2) is 4.47. The molecule has 0 bridgehead atoms. The van der Waals surface area contributed by atoms with Crippen LogP contribution >= 0.6 is 12.4 Å². The lowest BCUT2D eigenvalue weighted by atomic mass is 9.84. The molecule has 2 atom stereocenters. The summed E-state index contributed by atoms with van der Waals surface area (Å²) in [7, 11) is 0. The van der Waals surface area contributed by atoms with Crippen molar-refractivity contribution in [1.29, 1.82) is 0 Å². The van der Waals surface area contributed by atoms with Gasteiger partial charge in [0.05, 0.1) is 19.1 Å². The van der Waals surface area contributed by atoms with Gasteiger partial charge in [-0.15, -0.1) is 12.4 Å². The van der Waals surface area contributed by atoms with E-state index in [9.17, 15) is 4.79 Å². The SMILES string of the molecule is Cl.O=C(O)CC1CC2(CCNC2)CO1. The van der Waals surface area contributed by atoms with Crippen LogP contribution in [0.15, 0.2) is 0 Å². The number of aliphatic carboxylic acids is 1. The molecule has 0 saturated carbocycles. The standard InChI is InChI=1S/C9H15NO3.ClH/c11-8(12)3-7-4-9(6-13-7)1-2-10-5-9;/h7,10H,1-6H2,(H,11,12);1H. The smallest absolute Gasteiger partial charge is 0.305 e. The van der Waals surface area contributed by atoms with Crippen LogP contribution in [0, 0.1) is 5.41 Å². The van der Waals surface area contributed by atoms with Gasteiger partial charge in [0, 0.05) is 12.0 Å². The maximum absolute atomic E-state index is 10.5. The van der Waals surface area contributed by atoms with E-state index in [2.05, 4.69) is 5.32 Å². The van der Waals surface area contributed by atoms with Crippen molar-refractivity contribution in [1.82, 2.24) is 5.32 Å². The summed E-state index contributed by atoms with van der Waals surface area (Å²) in [6.45, 7) is 2.77. The Kier molecular flexibility index (Phi) is 3.75. The lowest BCUT2D eigenvalue weighted by Gasteiger charge is -2.18. The molecule has 2 rings (SSSR count). The topological polar surface area (TPSA) is 58.6 Å². The van der Waals surface area contributed by atoms with Crippen molar-refractivity contribution in [2.24, 2.45) is 5.41 Å². The largest absolute Gasteiger partial charge is 0.481 e. The number of halogens is 1. The van der Waals surface area contributed by atoms with Crippen LogP contribution in [0.4, 0.5) is 0 Å². The van der Waals surface area contributed by atoms with Crippen LogP contribution in [-0.2, 0) is 9.53 Å². The highest BCUT2D eigenvalue weighted by Gasteiger charge is 2.42. The molecule has 4 nitrogen and oxygen atoms in total. The van der Waals surface area contributed by atoms with Crippen LogP contribution in [0.1, 0.15) is 19.3 Å². The number of carboxylic acid groups (broad SMARTS) is 1. The average Bonchev–Trinajstić information content (AvgIpc) is 2.63. The van der Waals surface area contributed by atoms with Crippen molar-refractivity contribution in [3.05, 3.63) is 0 Å². The van der Waals surface area contributed by atoms with Gasteiger partial charge in [0.25, 0.3) is 0 Å². The normalized spacial score (nSPS) is 35.9. The molecular formula is C9H16ClNO3. The van der Waals surface area contributed by atoms with Gasteiger partial charge in [0.2, 0.25) is 0 Å². The Balaban J connectivity index is 0.000000980. The number of carbonyl (C=O) groups is 1. The lowest BCUT2D eigenvalue weighted by molar-refractivity contribution is -0.139. The summed E-state index contributed by atoms with van der Waals surface area (Å²) in [5.41, 5.74) is 0.250. The fraction of sp³-hybridized carbons (Fsp3) is 0.889. The molecule has 5 heteroatoms. The molecule has 2 unspecified atom stereocenters. The van der Waals surface area contributed by atoms with E-state index in [1.165, 1.54) is 0 Å². The summed E-state index contributed by atoms with van der Waals surface area (Å²) in [6.07, 6.45) is 2.13. The Labute approximate surface area is 89.4 Å². The molecule has 0 aliphatic carbocycles. The molecule has 1 spiro atoms. The van der Waals surface area contributed by atoms with Crippen LogP contribution < -0.4 is 5.32 Å². The van der Waals surface area contributed by atoms with E-state index >= 15 is 0 Å². The second-order valence-corrected chi connectivity index (χ2v) is 4.16. The van der Waals surface area contributed by atoms with Crippen molar-refractivity contribution < 1.29 is 14.6 Å². The molecule has 82 valence electrons. The Hall–Kier alpha value is -0.320. The van der Waals surface area contributed by atoms with Gasteiger partial charge in [-0.2, -0.15) is 0 Å². The zero-order chi connectivity index (χ0) is 9.31. The van der Waals surface area contributed by atoms with Gasteiger partial charge in [-0.1, -0.05) is 0 Å².